The Kier molecular flexibility index (Phi) is 4.52. The summed E-state index contributed by atoms with van der Waals surface area (Å²) in [6, 6.07) is 7.55. The average molecular weight is 305 g/mol. The Morgan fingerprint density at radius 2 is 1.90 bits per heavy atom. The van der Waals surface area contributed by atoms with Crippen molar-refractivity contribution in [2.45, 2.75) is 27.7 Å². The number of hydrogen-bond acceptors (Lipinski definition) is 2. The van der Waals surface area contributed by atoms with Crippen molar-refractivity contribution >= 4 is 28.3 Å². The number of benzene rings is 1. The van der Waals surface area contributed by atoms with Gasteiger partial charge >= 0.3 is 0 Å². The third kappa shape index (κ3) is 3.35. The molecule has 3 nitrogen and oxygen atoms in total. The Balaban J connectivity index is 2.27. The number of carbonyl (C=O) groups excluding carboxylic acids is 1. The zero-order valence-electron chi connectivity index (χ0n) is 12.9. The normalized spacial score (nSPS) is 11.9. The van der Waals surface area contributed by atoms with E-state index in [0.717, 1.165) is 10.8 Å². The molecule has 112 valence electrons. The van der Waals surface area contributed by atoms with Crippen LogP contribution in [0, 0.1) is 11.3 Å². The molecular formula is C17H21ClN2O. The maximum absolute atomic E-state index is 12.4. The minimum atomic E-state index is -0.107. The first-order valence-electron chi connectivity index (χ1n) is 7.14. The molecule has 2 aromatic rings. The average Bonchev–Trinajstić information content (AvgIpc) is 2.45. The van der Waals surface area contributed by atoms with Gasteiger partial charge in [0.2, 0.25) is 0 Å². The van der Waals surface area contributed by atoms with Gasteiger partial charge in [-0.2, -0.15) is 0 Å². The number of amides is 1. The number of fused-ring (bicyclic) bond motifs is 1. The monoisotopic (exact) mass is 304 g/mol. The summed E-state index contributed by atoms with van der Waals surface area (Å²) in [5.74, 6) is 0.377. The third-order valence-electron chi connectivity index (χ3n) is 4.26. The second-order valence-corrected chi connectivity index (χ2v) is 6.69. The Bertz CT molecular complexity index is 665. The van der Waals surface area contributed by atoms with Crippen molar-refractivity contribution < 1.29 is 4.79 Å². The summed E-state index contributed by atoms with van der Waals surface area (Å²) in [4.78, 5) is 16.6. The van der Waals surface area contributed by atoms with E-state index in [1.54, 1.807) is 6.20 Å². The topological polar surface area (TPSA) is 42.0 Å². The highest BCUT2D eigenvalue weighted by molar-refractivity contribution is 6.34. The van der Waals surface area contributed by atoms with Crippen molar-refractivity contribution in [3.05, 3.63) is 41.2 Å². The van der Waals surface area contributed by atoms with Gasteiger partial charge in [0.25, 0.3) is 5.91 Å². The summed E-state index contributed by atoms with van der Waals surface area (Å²) in [6.45, 7) is 9.24. The van der Waals surface area contributed by atoms with Crippen molar-refractivity contribution in [3.8, 4) is 0 Å². The predicted molar refractivity (Wildman–Crippen MR) is 87.7 cm³/mol. The number of nitrogens with one attached hydrogen (secondary N) is 1. The summed E-state index contributed by atoms with van der Waals surface area (Å²) in [5.41, 5.74) is 0.611. The van der Waals surface area contributed by atoms with Gasteiger partial charge in [-0.1, -0.05) is 63.6 Å². The summed E-state index contributed by atoms with van der Waals surface area (Å²) in [5, 5.41) is 5.06. The fourth-order valence-corrected chi connectivity index (χ4v) is 2.16. The number of hydrogen-bond donors (Lipinski definition) is 1. The van der Waals surface area contributed by atoms with Crippen molar-refractivity contribution in [3.63, 3.8) is 0 Å². The Hall–Kier alpha value is -1.61. The van der Waals surface area contributed by atoms with E-state index in [1.165, 1.54) is 0 Å². The molecule has 0 unspecified atom stereocenters. The van der Waals surface area contributed by atoms with Crippen molar-refractivity contribution in [1.29, 1.82) is 0 Å². The smallest absolute Gasteiger partial charge is 0.253 e. The minimum absolute atomic E-state index is 0.0469. The van der Waals surface area contributed by atoms with Gasteiger partial charge < -0.3 is 5.32 Å². The number of halogens is 1. The van der Waals surface area contributed by atoms with Gasteiger partial charge in [-0.3, -0.25) is 4.79 Å². The van der Waals surface area contributed by atoms with Crippen molar-refractivity contribution in [1.82, 2.24) is 10.3 Å². The van der Waals surface area contributed by atoms with Crippen LogP contribution in [0.4, 0.5) is 0 Å². The first-order valence-corrected chi connectivity index (χ1v) is 7.52. The van der Waals surface area contributed by atoms with Gasteiger partial charge in [-0.05, 0) is 16.7 Å². The van der Waals surface area contributed by atoms with Gasteiger partial charge in [-0.25, -0.2) is 4.98 Å². The highest BCUT2D eigenvalue weighted by Crippen LogP contribution is 2.26. The SMILES string of the molecule is CC(C)C(C)(C)CNC(=O)c1cnc(Cl)c2ccccc12. The highest BCUT2D eigenvalue weighted by atomic mass is 35.5. The van der Waals surface area contributed by atoms with Gasteiger partial charge in [0.05, 0.1) is 5.56 Å². The summed E-state index contributed by atoms with van der Waals surface area (Å²) >= 11 is 6.08. The molecule has 1 aromatic heterocycles. The zero-order valence-corrected chi connectivity index (χ0v) is 13.7. The summed E-state index contributed by atoms with van der Waals surface area (Å²) in [6.07, 6.45) is 1.54. The molecular weight excluding hydrogens is 284 g/mol. The summed E-state index contributed by atoms with van der Waals surface area (Å²) < 4.78 is 0. The number of rotatable bonds is 4. The third-order valence-corrected chi connectivity index (χ3v) is 4.56. The van der Waals surface area contributed by atoms with Crippen LogP contribution in [-0.2, 0) is 0 Å². The first kappa shape index (κ1) is 15.8. The van der Waals surface area contributed by atoms with E-state index >= 15 is 0 Å². The van der Waals surface area contributed by atoms with E-state index in [4.69, 9.17) is 11.6 Å². The van der Waals surface area contributed by atoms with E-state index in [1.807, 2.05) is 24.3 Å². The van der Waals surface area contributed by atoms with Crippen LogP contribution in [0.2, 0.25) is 5.15 Å². The van der Waals surface area contributed by atoms with Gasteiger partial charge in [0.1, 0.15) is 5.15 Å². The lowest BCUT2D eigenvalue weighted by Gasteiger charge is -2.29. The van der Waals surface area contributed by atoms with E-state index in [2.05, 4.69) is 38.0 Å². The van der Waals surface area contributed by atoms with Crippen LogP contribution < -0.4 is 5.32 Å². The molecule has 0 fully saturated rings. The molecule has 0 spiro atoms. The van der Waals surface area contributed by atoms with Crippen LogP contribution in [0.5, 0.6) is 0 Å². The van der Waals surface area contributed by atoms with Crippen LogP contribution in [0.15, 0.2) is 30.5 Å². The molecule has 0 saturated carbocycles. The Labute approximate surface area is 130 Å². The van der Waals surface area contributed by atoms with Crippen LogP contribution in [0.1, 0.15) is 38.1 Å². The molecule has 0 bridgehead atoms. The van der Waals surface area contributed by atoms with E-state index in [9.17, 15) is 4.79 Å². The lowest BCUT2D eigenvalue weighted by atomic mass is 9.81. The van der Waals surface area contributed by atoms with E-state index < -0.39 is 0 Å². The van der Waals surface area contributed by atoms with E-state index in [0.29, 0.717) is 23.2 Å². The molecule has 1 heterocycles. The Morgan fingerprint density at radius 3 is 2.52 bits per heavy atom. The number of pyridine rings is 1. The predicted octanol–water partition coefficient (Wildman–Crippen LogP) is 4.30. The largest absolute Gasteiger partial charge is 0.351 e. The minimum Gasteiger partial charge on any atom is -0.351 e. The van der Waals surface area contributed by atoms with Crippen LogP contribution in [-0.4, -0.2) is 17.4 Å². The van der Waals surface area contributed by atoms with Gasteiger partial charge in [0.15, 0.2) is 0 Å². The molecule has 1 amide bonds. The number of aromatic nitrogens is 1. The summed E-state index contributed by atoms with van der Waals surface area (Å²) in [7, 11) is 0. The molecule has 2 rings (SSSR count). The molecule has 1 N–H and O–H groups in total. The molecule has 21 heavy (non-hydrogen) atoms. The molecule has 4 heteroatoms. The first-order chi connectivity index (χ1) is 9.83. The lowest BCUT2D eigenvalue weighted by molar-refractivity contribution is 0.0926. The Morgan fingerprint density at radius 1 is 1.29 bits per heavy atom. The fourth-order valence-electron chi connectivity index (χ4n) is 1.95. The molecule has 0 aliphatic carbocycles. The van der Waals surface area contributed by atoms with Crippen LogP contribution in [0.3, 0.4) is 0 Å². The molecule has 1 aromatic carbocycles. The van der Waals surface area contributed by atoms with Crippen LogP contribution >= 0.6 is 11.6 Å². The van der Waals surface area contributed by atoms with Gasteiger partial charge in [-0.15, -0.1) is 0 Å². The van der Waals surface area contributed by atoms with Crippen molar-refractivity contribution in [2.75, 3.05) is 6.54 Å². The quantitative estimate of drug-likeness (QED) is 0.856. The molecule has 0 saturated heterocycles. The maximum atomic E-state index is 12.4. The lowest BCUT2D eigenvalue weighted by Crippen LogP contribution is -2.37. The maximum Gasteiger partial charge on any atom is 0.253 e. The van der Waals surface area contributed by atoms with E-state index in [-0.39, 0.29) is 11.3 Å². The molecule has 0 radical (unpaired) electrons. The number of carbonyl (C=O) groups is 1. The number of nitrogens with zero attached hydrogens (tertiary/aromatic N) is 1. The standard InChI is InChI=1S/C17H21ClN2O/c1-11(2)17(3,4)10-20-16(21)14-9-19-15(18)13-8-6-5-7-12(13)14/h5-9,11H,10H2,1-4H3,(H,20,21). The molecule has 0 aliphatic heterocycles. The fraction of sp³-hybridized carbons (Fsp3) is 0.412. The van der Waals surface area contributed by atoms with Gasteiger partial charge in [0, 0.05) is 18.1 Å². The molecule has 0 atom stereocenters. The van der Waals surface area contributed by atoms with Crippen LogP contribution in [0.25, 0.3) is 10.8 Å². The highest BCUT2D eigenvalue weighted by Gasteiger charge is 2.23. The second-order valence-electron chi connectivity index (χ2n) is 6.33. The zero-order chi connectivity index (χ0) is 15.6. The second kappa shape index (κ2) is 6.02. The van der Waals surface area contributed by atoms with Crippen molar-refractivity contribution in [2.24, 2.45) is 11.3 Å². The molecule has 0 aliphatic rings.